The van der Waals surface area contributed by atoms with Crippen LogP contribution in [0.4, 0.5) is 0 Å². The standard InChI is InChI=1S/C77H149NO5/c1-3-5-7-9-11-13-15-17-19-21-22-35-38-41-45-49-53-57-61-65-69-75(80)74(73-79)78-76(81)70-66-62-58-54-50-46-42-39-36-33-31-29-27-25-23-24-26-28-30-32-34-37-40-44-48-52-56-60-64-68-72-83-77(82)71-67-63-59-55-51-47-43-20-18-16-14-12-10-8-6-4-2/h14,16,20,43,74-75,79-80H,3-13,15,17-19,21-42,44-73H2,1-2H3,(H,78,81)/b16-14-,43-20-. The van der Waals surface area contributed by atoms with E-state index in [2.05, 4.69) is 43.5 Å². The molecule has 6 heteroatoms. The number of amides is 1. The Kier molecular flexibility index (Phi) is 71.4. The lowest BCUT2D eigenvalue weighted by Crippen LogP contribution is -2.45. The van der Waals surface area contributed by atoms with Crippen molar-refractivity contribution in [2.45, 2.75) is 443 Å². The molecular weight excluding hydrogens is 1020 g/mol. The number of esters is 1. The molecule has 0 saturated carbocycles. The Morgan fingerprint density at radius 2 is 0.602 bits per heavy atom. The predicted octanol–water partition coefficient (Wildman–Crippen LogP) is 24.9. The number of hydrogen-bond donors (Lipinski definition) is 3. The van der Waals surface area contributed by atoms with Crippen molar-refractivity contribution in [3.05, 3.63) is 24.3 Å². The van der Waals surface area contributed by atoms with E-state index in [4.69, 9.17) is 4.74 Å². The SMILES string of the molecule is CCCCCC/C=C\C/C=C\CCCCCCCC(=O)OCCCCCCCCCCCCCCCCCCCCCCCCCCCCCCCCC(=O)NC(CO)C(O)CCCCCCCCCCCCCCCCCCCCCC. The Morgan fingerprint density at radius 3 is 0.928 bits per heavy atom. The molecule has 0 aliphatic rings. The van der Waals surface area contributed by atoms with Gasteiger partial charge in [0.25, 0.3) is 0 Å². The van der Waals surface area contributed by atoms with Gasteiger partial charge in [-0.25, -0.2) is 0 Å². The average molecular weight is 1170 g/mol. The van der Waals surface area contributed by atoms with Gasteiger partial charge in [-0.05, 0) is 57.8 Å². The quantitative estimate of drug-likeness (QED) is 0.0320. The summed E-state index contributed by atoms with van der Waals surface area (Å²) >= 11 is 0. The number of unbranched alkanes of at least 4 members (excludes halogenated alkanes) is 57. The van der Waals surface area contributed by atoms with Crippen molar-refractivity contribution < 1.29 is 24.5 Å². The molecule has 1 amide bonds. The fourth-order valence-corrected chi connectivity index (χ4v) is 12.2. The molecule has 0 saturated heterocycles. The highest BCUT2D eigenvalue weighted by molar-refractivity contribution is 5.76. The van der Waals surface area contributed by atoms with Crippen LogP contribution < -0.4 is 5.32 Å². The topological polar surface area (TPSA) is 95.9 Å². The summed E-state index contributed by atoms with van der Waals surface area (Å²) in [6.07, 6.45) is 92.5. The number of aliphatic hydroxyl groups excluding tert-OH is 2. The number of carbonyl (C=O) groups is 2. The van der Waals surface area contributed by atoms with Gasteiger partial charge in [-0.1, -0.05) is 385 Å². The molecule has 0 heterocycles. The Bertz CT molecular complexity index is 1300. The highest BCUT2D eigenvalue weighted by Gasteiger charge is 2.20. The second-order valence-electron chi connectivity index (χ2n) is 26.3. The molecule has 0 aromatic rings. The Balaban J connectivity index is 3.34. The summed E-state index contributed by atoms with van der Waals surface area (Å²) < 4.78 is 5.50. The van der Waals surface area contributed by atoms with Crippen molar-refractivity contribution in [2.24, 2.45) is 0 Å². The first-order valence-electron chi connectivity index (χ1n) is 38.1. The van der Waals surface area contributed by atoms with Gasteiger partial charge in [0.1, 0.15) is 0 Å². The maximum absolute atomic E-state index is 12.6. The van der Waals surface area contributed by atoms with Crippen molar-refractivity contribution >= 4 is 11.9 Å². The molecule has 0 radical (unpaired) electrons. The van der Waals surface area contributed by atoms with Gasteiger partial charge < -0.3 is 20.3 Å². The molecule has 0 aliphatic carbocycles. The van der Waals surface area contributed by atoms with Crippen LogP contribution in [0.25, 0.3) is 0 Å². The van der Waals surface area contributed by atoms with Crippen molar-refractivity contribution in [3.8, 4) is 0 Å². The van der Waals surface area contributed by atoms with Crippen LogP contribution in [0.2, 0.25) is 0 Å². The summed E-state index contributed by atoms with van der Waals surface area (Å²) in [5.74, 6) is -0.0188. The lowest BCUT2D eigenvalue weighted by Gasteiger charge is -2.22. The van der Waals surface area contributed by atoms with E-state index in [1.807, 2.05) is 0 Å². The summed E-state index contributed by atoms with van der Waals surface area (Å²) in [5, 5.41) is 23.4. The minimum Gasteiger partial charge on any atom is -0.466 e. The fraction of sp³-hybridized carbons (Fsp3) is 0.922. The van der Waals surface area contributed by atoms with Gasteiger partial charge >= 0.3 is 5.97 Å². The predicted molar refractivity (Wildman–Crippen MR) is 366 cm³/mol. The van der Waals surface area contributed by atoms with E-state index in [0.717, 1.165) is 51.4 Å². The number of aliphatic hydroxyl groups is 2. The molecule has 83 heavy (non-hydrogen) atoms. The van der Waals surface area contributed by atoms with Crippen LogP contribution >= 0.6 is 0 Å². The summed E-state index contributed by atoms with van der Waals surface area (Å²) in [6, 6.07) is -0.539. The molecule has 0 aromatic carbocycles. The molecule has 0 rings (SSSR count). The number of carbonyl (C=O) groups excluding carboxylic acids is 2. The first-order valence-corrected chi connectivity index (χ1v) is 38.1. The monoisotopic (exact) mass is 1170 g/mol. The van der Waals surface area contributed by atoms with Gasteiger partial charge in [0, 0.05) is 12.8 Å². The highest BCUT2D eigenvalue weighted by atomic mass is 16.5. The Hall–Kier alpha value is -1.66. The molecule has 0 spiro atoms. The average Bonchev–Trinajstić information content (AvgIpc) is 3.48. The number of allylic oxidation sites excluding steroid dienone is 4. The van der Waals surface area contributed by atoms with E-state index >= 15 is 0 Å². The summed E-state index contributed by atoms with van der Waals surface area (Å²) in [5.41, 5.74) is 0. The lowest BCUT2D eigenvalue weighted by molar-refractivity contribution is -0.143. The molecule has 2 atom stereocenters. The first-order chi connectivity index (χ1) is 41.0. The molecule has 0 aliphatic heterocycles. The van der Waals surface area contributed by atoms with Crippen LogP contribution in [0.15, 0.2) is 24.3 Å². The molecule has 0 bridgehead atoms. The van der Waals surface area contributed by atoms with E-state index in [1.54, 1.807) is 0 Å². The lowest BCUT2D eigenvalue weighted by atomic mass is 10.0. The summed E-state index contributed by atoms with van der Waals surface area (Å²) in [4.78, 5) is 24.6. The van der Waals surface area contributed by atoms with Crippen molar-refractivity contribution in [2.75, 3.05) is 13.2 Å². The van der Waals surface area contributed by atoms with E-state index in [1.165, 1.54) is 347 Å². The Labute approximate surface area is 520 Å². The third-order valence-electron chi connectivity index (χ3n) is 18.0. The molecule has 492 valence electrons. The van der Waals surface area contributed by atoms with Crippen molar-refractivity contribution in [1.82, 2.24) is 5.32 Å². The number of hydrogen-bond acceptors (Lipinski definition) is 5. The van der Waals surface area contributed by atoms with Crippen LogP contribution in [0.5, 0.6) is 0 Å². The molecular formula is C77H149NO5. The van der Waals surface area contributed by atoms with Crippen LogP contribution in [-0.2, 0) is 14.3 Å². The molecule has 0 aromatic heterocycles. The zero-order valence-electron chi connectivity index (χ0n) is 56.5. The maximum atomic E-state index is 12.6. The van der Waals surface area contributed by atoms with Gasteiger partial charge in [-0.2, -0.15) is 0 Å². The van der Waals surface area contributed by atoms with Crippen LogP contribution in [0.3, 0.4) is 0 Å². The van der Waals surface area contributed by atoms with Crippen LogP contribution in [0.1, 0.15) is 431 Å². The van der Waals surface area contributed by atoms with E-state index in [9.17, 15) is 19.8 Å². The number of ether oxygens (including phenoxy) is 1. The summed E-state index contributed by atoms with van der Waals surface area (Å²) in [7, 11) is 0. The van der Waals surface area contributed by atoms with Crippen LogP contribution in [0, 0.1) is 0 Å². The largest absolute Gasteiger partial charge is 0.466 e. The number of nitrogens with one attached hydrogen (secondary N) is 1. The fourth-order valence-electron chi connectivity index (χ4n) is 12.2. The van der Waals surface area contributed by atoms with Gasteiger partial charge in [-0.3, -0.25) is 9.59 Å². The molecule has 2 unspecified atom stereocenters. The zero-order valence-corrected chi connectivity index (χ0v) is 56.5. The smallest absolute Gasteiger partial charge is 0.305 e. The van der Waals surface area contributed by atoms with E-state index in [-0.39, 0.29) is 18.5 Å². The highest BCUT2D eigenvalue weighted by Crippen LogP contribution is 2.20. The second kappa shape index (κ2) is 72.8. The maximum Gasteiger partial charge on any atom is 0.305 e. The second-order valence-corrected chi connectivity index (χ2v) is 26.3. The minimum atomic E-state index is -0.662. The zero-order chi connectivity index (χ0) is 59.9. The van der Waals surface area contributed by atoms with Crippen molar-refractivity contribution in [3.63, 3.8) is 0 Å². The molecule has 3 N–H and O–H groups in total. The van der Waals surface area contributed by atoms with Crippen molar-refractivity contribution in [1.29, 1.82) is 0 Å². The molecule has 6 nitrogen and oxygen atoms in total. The Morgan fingerprint density at radius 1 is 0.337 bits per heavy atom. The van der Waals surface area contributed by atoms with Gasteiger partial charge in [0.2, 0.25) is 5.91 Å². The minimum absolute atomic E-state index is 0.00752. The normalized spacial score (nSPS) is 12.6. The molecule has 0 fully saturated rings. The third-order valence-corrected chi connectivity index (χ3v) is 18.0. The van der Waals surface area contributed by atoms with Gasteiger partial charge in [0.05, 0.1) is 25.4 Å². The number of rotatable bonds is 72. The van der Waals surface area contributed by atoms with Gasteiger partial charge in [-0.15, -0.1) is 0 Å². The van der Waals surface area contributed by atoms with Crippen LogP contribution in [-0.4, -0.2) is 47.4 Å². The first kappa shape index (κ1) is 81.3. The van der Waals surface area contributed by atoms with E-state index in [0.29, 0.717) is 25.9 Å². The van der Waals surface area contributed by atoms with Gasteiger partial charge in [0.15, 0.2) is 0 Å². The summed E-state index contributed by atoms with van der Waals surface area (Å²) in [6.45, 7) is 4.98. The van der Waals surface area contributed by atoms with E-state index < -0.39 is 12.1 Å². The third kappa shape index (κ3) is 69.3.